The Hall–Kier alpha value is -2.66. The van der Waals surface area contributed by atoms with Crippen LogP contribution in [-0.2, 0) is 16.8 Å². The number of ether oxygens (including phenoxy) is 1. The highest BCUT2D eigenvalue weighted by Gasteiger charge is 2.21. The lowest BCUT2D eigenvalue weighted by Crippen LogP contribution is -2.48. The largest absolute Gasteiger partial charge is 0.497 e. The number of rotatable bonds is 8. The molecule has 3 rings (SSSR count). The Bertz CT molecular complexity index is 890. The third kappa shape index (κ3) is 6.67. The van der Waals surface area contributed by atoms with E-state index in [0.29, 0.717) is 19.3 Å². The van der Waals surface area contributed by atoms with Crippen LogP contribution in [0.2, 0.25) is 0 Å². The maximum absolute atomic E-state index is 12.6. The third-order valence-corrected chi connectivity index (χ3v) is 6.16. The molecule has 5 nitrogen and oxygen atoms in total. The third-order valence-electron chi connectivity index (χ3n) is 6.16. The van der Waals surface area contributed by atoms with Crippen LogP contribution < -0.4 is 4.74 Å². The maximum atomic E-state index is 12.6. The number of amides is 1. The fourth-order valence-electron chi connectivity index (χ4n) is 4.00. The quantitative estimate of drug-likeness (QED) is 0.564. The molecule has 1 aliphatic rings. The minimum Gasteiger partial charge on any atom is -0.497 e. The summed E-state index contributed by atoms with van der Waals surface area (Å²) >= 11 is 0. The molecule has 2 aromatic rings. The van der Waals surface area contributed by atoms with E-state index in [1.807, 2.05) is 41.3 Å². The number of hydrogen-bond donors (Lipinski definition) is 0. The van der Waals surface area contributed by atoms with E-state index in [0.717, 1.165) is 44.0 Å². The van der Waals surface area contributed by atoms with Gasteiger partial charge in [0.2, 0.25) is 5.91 Å². The molecular formula is C27H36N2O3. The number of benzene rings is 2. The summed E-state index contributed by atoms with van der Waals surface area (Å²) in [5.41, 5.74) is 3.28. The monoisotopic (exact) mass is 436 g/mol. The van der Waals surface area contributed by atoms with Gasteiger partial charge >= 0.3 is 0 Å². The molecule has 1 amide bonds. The van der Waals surface area contributed by atoms with Crippen molar-refractivity contribution in [1.82, 2.24) is 9.80 Å². The van der Waals surface area contributed by atoms with Crippen molar-refractivity contribution >= 4 is 11.7 Å². The molecule has 0 spiro atoms. The number of nitrogens with zero attached hydrogens (tertiary/aromatic N) is 2. The minimum absolute atomic E-state index is 0.0761. The number of hydrogen-bond acceptors (Lipinski definition) is 4. The predicted molar refractivity (Wildman–Crippen MR) is 128 cm³/mol. The van der Waals surface area contributed by atoms with Gasteiger partial charge in [0.25, 0.3) is 0 Å². The Labute approximate surface area is 192 Å². The number of Topliss-reactive ketones (excluding diaryl/α,β-unsaturated/α-hetero) is 1. The van der Waals surface area contributed by atoms with E-state index in [-0.39, 0.29) is 17.1 Å². The van der Waals surface area contributed by atoms with Crippen molar-refractivity contribution in [1.29, 1.82) is 0 Å². The van der Waals surface area contributed by atoms with Gasteiger partial charge in [0.05, 0.1) is 7.11 Å². The summed E-state index contributed by atoms with van der Waals surface area (Å²) in [4.78, 5) is 29.4. The van der Waals surface area contributed by atoms with Crippen LogP contribution in [0.25, 0.3) is 0 Å². The molecule has 0 aliphatic carbocycles. The second kappa shape index (κ2) is 10.8. The molecule has 0 aromatic heterocycles. The minimum atomic E-state index is 0.0761. The van der Waals surface area contributed by atoms with E-state index >= 15 is 0 Å². The summed E-state index contributed by atoms with van der Waals surface area (Å²) < 4.78 is 5.21. The van der Waals surface area contributed by atoms with Crippen LogP contribution in [0.5, 0.6) is 5.75 Å². The van der Waals surface area contributed by atoms with Crippen LogP contribution in [-0.4, -0.2) is 54.8 Å². The fourth-order valence-corrected chi connectivity index (χ4v) is 4.00. The van der Waals surface area contributed by atoms with Crippen molar-refractivity contribution in [3.05, 3.63) is 65.2 Å². The van der Waals surface area contributed by atoms with E-state index in [4.69, 9.17) is 4.74 Å². The lowest BCUT2D eigenvalue weighted by Gasteiger charge is -2.34. The van der Waals surface area contributed by atoms with Gasteiger partial charge in [-0.15, -0.1) is 0 Å². The molecule has 0 unspecified atom stereocenters. The lowest BCUT2D eigenvalue weighted by molar-refractivity contribution is -0.133. The van der Waals surface area contributed by atoms with Gasteiger partial charge in [-0.05, 0) is 35.1 Å². The SMILES string of the molecule is COc1ccc(CN2CCN(C(=O)CCCC(=O)c3ccc(C(C)(C)C)cc3)CC2)cc1. The summed E-state index contributed by atoms with van der Waals surface area (Å²) in [6, 6.07) is 16.0. The van der Waals surface area contributed by atoms with Crippen LogP contribution in [0.4, 0.5) is 0 Å². The maximum Gasteiger partial charge on any atom is 0.222 e. The molecule has 0 N–H and O–H groups in total. The van der Waals surface area contributed by atoms with Crippen molar-refractivity contribution < 1.29 is 14.3 Å². The zero-order valence-corrected chi connectivity index (χ0v) is 19.9. The van der Waals surface area contributed by atoms with Crippen LogP contribution in [0.3, 0.4) is 0 Å². The molecule has 0 atom stereocenters. The van der Waals surface area contributed by atoms with Gasteiger partial charge in [0.1, 0.15) is 5.75 Å². The van der Waals surface area contributed by atoms with E-state index in [2.05, 4.69) is 37.8 Å². The number of carbonyl (C=O) groups excluding carboxylic acids is 2. The number of methoxy groups -OCH3 is 1. The zero-order chi connectivity index (χ0) is 23.1. The first-order valence-electron chi connectivity index (χ1n) is 11.5. The van der Waals surface area contributed by atoms with Crippen LogP contribution in [0.15, 0.2) is 48.5 Å². The highest BCUT2D eigenvalue weighted by atomic mass is 16.5. The van der Waals surface area contributed by atoms with Crippen molar-refractivity contribution in [3.8, 4) is 5.75 Å². The molecule has 5 heteroatoms. The molecule has 1 fully saturated rings. The number of carbonyl (C=O) groups is 2. The predicted octanol–water partition coefficient (Wildman–Crippen LogP) is 4.69. The second-order valence-electron chi connectivity index (χ2n) is 9.61. The average Bonchev–Trinajstić information content (AvgIpc) is 2.79. The Morgan fingerprint density at radius 3 is 2.06 bits per heavy atom. The molecule has 0 radical (unpaired) electrons. The van der Waals surface area contributed by atoms with E-state index in [1.54, 1.807) is 7.11 Å². The first-order chi connectivity index (χ1) is 15.3. The normalized spacial score (nSPS) is 14.9. The Morgan fingerprint density at radius 2 is 1.50 bits per heavy atom. The zero-order valence-electron chi connectivity index (χ0n) is 19.9. The molecule has 0 saturated carbocycles. The van der Waals surface area contributed by atoms with E-state index < -0.39 is 0 Å². The summed E-state index contributed by atoms with van der Waals surface area (Å²) in [6.07, 6.45) is 1.45. The van der Waals surface area contributed by atoms with Gasteiger partial charge in [0.15, 0.2) is 5.78 Å². The smallest absolute Gasteiger partial charge is 0.222 e. The Balaban J connectivity index is 1.38. The summed E-state index contributed by atoms with van der Waals surface area (Å²) in [6.45, 7) is 10.6. The Morgan fingerprint density at radius 1 is 0.875 bits per heavy atom. The van der Waals surface area contributed by atoms with E-state index in [1.165, 1.54) is 11.1 Å². The fraction of sp³-hybridized carbons (Fsp3) is 0.481. The number of piperazine rings is 1. The van der Waals surface area contributed by atoms with Crippen molar-refractivity contribution in [3.63, 3.8) is 0 Å². The summed E-state index contributed by atoms with van der Waals surface area (Å²) in [5, 5.41) is 0. The van der Waals surface area contributed by atoms with Gasteiger partial charge in [0, 0.05) is 51.1 Å². The van der Waals surface area contributed by atoms with Gasteiger partial charge in [-0.2, -0.15) is 0 Å². The topological polar surface area (TPSA) is 49.9 Å². The molecular weight excluding hydrogens is 400 g/mol. The van der Waals surface area contributed by atoms with Crippen LogP contribution >= 0.6 is 0 Å². The van der Waals surface area contributed by atoms with Crippen LogP contribution in [0.1, 0.15) is 61.5 Å². The lowest BCUT2D eigenvalue weighted by atomic mass is 9.86. The molecule has 1 saturated heterocycles. The average molecular weight is 437 g/mol. The summed E-state index contributed by atoms with van der Waals surface area (Å²) in [5.74, 6) is 1.14. The molecule has 0 bridgehead atoms. The van der Waals surface area contributed by atoms with Gasteiger partial charge in [-0.1, -0.05) is 57.2 Å². The molecule has 1 heterocycles. The van der Waals surface area contributed by atoms with Gasteiger partial charge in [-0.3, -0.25) is 14.5 Å². The number of ketones is 1. The van der Waals surface area contributed by atoms with Crippen molar-refractivity contribution in [2.24, 2.45) is 0 Å². The molecule has 2 aromatic carbocycles. The molecule has 32 heavy (non-hydrogen) atoms. The Kier molecular flexibility index (Phi) is 8.08. The summed E-state index contributed by atoms with van der Waals surface area (Å²) in [7, 11) is 1.67. The highest BCUT2D eigenvalue weighted by molar-refractivity contribution is 5.96. The van der Waals surface area contributed by atoms with E-state index in [9.17, 15) is 9.59 Å². The van der Waals surface area contributed by atoms with Crippen molar-refractivity contribution in [2.75, 3.05) is 33.3 Å². The van der Waals surface area contributed by atoms with Gasteiger partial charge in [-0.25, -0.2) is 0 Å². The second-order valence-corrected chi connectivity index (χ2v) is 9.61. The standard InChI is InChI=1S/C27H36N2O3/c1-27(2,3)23-12-10-22(11-13-23)25(30)6-5-7-26(31)29-18-16-28(17-19-29)20-21-8-14-24(32-4)15-9-21/h8-15H,5-7,16-20H2,1-4H3. The molecule has 172 valence electrons. The first kappa shape index (κ1) is 24.0. The van der Waals surface area contributed by atoms with Crippen molar-refractivity contribution in [2.45, 2.75) is 52.0 Å². The first-order valence-corrected chi connectivity index (χ1v) is 11.5. The van der Waals surface area contributed by atoms with Gasteiger partial charge < -0.3 is 9.64 Å². The highest BCUT2D eigenvalue weighted by Crippen LogP contribution is 2.23. The van der Waals surface area contributed by atoms with Crippen LogP contribution in [0, 0.1) is 0 Å². The molecule has 1 aliphatic heterocycles.